The summed E-state index contributed by atoms with van der Waals surface area (Å²) in [6, 6.07) is 8.66. The molecule has 0 saturated heterocycles. The number of aryl methyl sites for hydroxylation is 1. The second kappa shape index (κ2) is 4.45. The molecule has 1 aromatic carbocycles. The minimum absolute atomic E-state index is 0.150. The van der Waals surface area contributed by atoms with E-state index in [1.165, 1.54) is 11.1 Å². The summed E-state index contributed by atoms with van der Waals surface area (Å²) in [6.07, 6.45) is 7.31. The van der Waals surface area contributed by atoms with E-state index in [1.54, 1.807) is 0 Å². The Kier molecular flexibility index (Phi) is 3.02. The quantitative estimate of drug-likeness (QED) is 0.778. The van der Waals surface area contributed by atoms with Crippen LogP contribution < -0.4 is 0 Å². The first kappa shape index (κ1) is 10.2. The molecule has 0 amide bonds. The van der Waals surface area contributed by atoms with Gasteiger partial charge < -0.3 is 5.11 Å². The van der Waals surface area contributed by atoms with Gasteiger partial charge in [-0.3, -0.25) is 0 Å². The summed E-state index contributed by atoms with van der Waals surface area (Å²) < 4.78 is 0. The van der Waals surface area contributed by atoms with Crippen molar-refractivity contribution >= 4 is 0 Å². The lowest BCUT2D eigenvalue weighted by atomic mass is 9.90. The third kappa shape index (κ3) is 2.37. The largest absolute Gasteiger partial charge is 0.392 e. The fourth-order valence-electron chi connectivity index (χ4n) is 1.84. The lowest BCUT2D eigenvalue weighted by Crippen LogP contribution is -2.00. The highest BCUT2D eigenvalue weighted by Gasteiger charge is 2.10. The Balaban J connectivity index is 2.12. The maximum Gasteiger partial charge on any atom is 0.0678 e. The maximum atomic E-state index is 8.96. The van der Waals surface area contributed by atoms with Crippen LogP contribution in [0.4, 0.5) is 0 Å². The SMILES string of the molecule is Cc1ccc(C2C=CC(CO)=CC2)cc1. The van der Waals surface area contributed by atoms with E-state index in [9.17, 15) is 0 Å². The molecule has 0 saturated carbocycles. The van der Waals surface area contributed by atoms with Crippen LogP contribution >= 0.6 is 0 Å². The second-order valence-corrected chi connectivity index (χ2v) is 4.05. The van der Waals surface area contributed by atoms with E-state index >= 15 is 0 Å². The Morgan fingerprint density at radius 2 is 2.00 bits per heavy atom. The molecule has 0 radical (unpaired) electrons. The van der Waals surface area contributed by atoms with Crippen LogP contribution in [0.3, 0.4) is 0 Å². The molecule has 1 unspecified atom stereocenters. The zero-order valence-corrected chi connectivity index (χ0v) is 8.98. The number of hydrogen-bond donors (Lipinski definition) is 1. The van der Waals surface area contributed by atoms with Gasteiger partial charge in [0.05, 0.1) is 6.61 Å². The Morgan fingerprint density at radius 1 is 1.27 bits per heavy atom. The first-order valence-electron chi connectivity index (χ1n) is 5.34. The summed E-state index contributed by atoms with van der Waals surface area (Å²) in [4.78, 5) is 0. The third-order valence-corrected chi connectivity index (χ3v) is 2.86. The van der Waals surface area contributed by atoms with E-state index in [1.807, 2.05) is 6.08 Å². The van der Waals surface area contributed by atoms with E-state index in [0.717, 1.165) is 12.0 Å². The van der Waals surface area contributed by atoms with Gasteiger partial charge in [0, 0.05) is 5.92 Å². The molecule has 0 aromatic heterocycles. The van der Waals surface area contributed by atoms with Gasteiger partial charge in [-0.1, -0.05) is 48.1 Å². The average molecular weight is 200 g/mol. The zero-order valence-electron chi connectivity index (χ0n) is 8.98. The molecule has 1 nitrogen and oxygen atoms in total. The van der Waals surface area contributed by atoms with Crippen molar-refractivity contribution in [3.05, 3.63) is 59.2 Å². The maximum absolute atomic E-state index is 8.96. The van der Waals surface area contributed by atoms with Gasteiger partial charge in [0.15, 0.2) is 0 Å². The smallest absolute Gasteiger partial charge is 0.0678 e. The van der Waals surface area contributed by atoms with E-state index in [4.69, 9.17) is 5.11 Å². The standard InChI is InChI=1S/C14H16O/c1-11-2-6-13(7-3-11)14-8-4-12(10-15)5-9-14/h2-8,14-15H,9-10H2,1H3. The molecule has 1 atom stereocenters. The summed E-state index contributed by atoms with van der Waals surface area (Å²) in [5.41, 5.74) is 3.67. The molecule has 0 spiro atoms. The molecule has 15 heavy (non-hydrogen) atoms. The van der Waals surface area contributed by atoms with Gasteiger partial charge in [-0.2, -0.15) is 0 Å². The minimum Gasteiger partial charge on any atom is -0.392 e. The highest BCUT2D eigenvalue weighted by molar-refractivity contribution is 5.34. The van der Waals surface area contributed by atoms with E-state index in [2.05, 4.69) is 43.3 Å². The lowest BCUT2D eigenvalue weighted by molar-refractivity contribution is 0.334. The summed E-state index contributed by atoms with van der Waals surface area (Å²) >= 11 is 0. The Labute approximate surface area is 90.8 Å². The van der Waals surface area contributed by atoms with Crippen molar-refractivity contribution in [3.8, 4) is 0 Å². The van der Waals surface area contributed by atoms with E-state index in [-0.39, 0.29) is 6.61 Å². The lowest BCUT2D eigenvalue weighted by Gasteiger charge is -2.15. The first-order chi connectivity index (χ1) is 7.29. The van der Waals surface area contributed by atoms with Gasteiger partial charge in [0.1, 0.15) is 0 Å². The van der Waals surface area contributed by atoms with Crippen LogP contribution in [0.1, 0.15) is 23.5 Å². The Bertz CT molecular complexity index is 384. The minimum atomic E-state index is 0.150. The third-order valence-electron chi connectivity index (χ3n) is 2.86. The van der Waals surface area contributed by atoms with Gasteiger partial charge in [-0.15, -0.1) is 0 Å². The van der Waals surface area contributed by atoms with E-state index in [0.29, 0.717) is 5.92 Å². The predicted octanol–water partition coefficient (Wildman–Crippen LogP) is 2.96. The normalized spacial score (nSPS) is 20.1. The van der Waals surface area contributed by atoms with Crippen LogP contribution in [0.15, 0.2) is 48.1 Å². The summed E-state index contributed by atoms with van der Waals surface area (Å²) in [5.74, 6) is 0.473. The topological polar surface area (TPSA) is 20.2 Å². The van der Waals surface area contributed by atoms with Crippen molar-refractivity contribution in [1.29, 1.82) is 0 Å². The number of allylic oxidation sites excluding steroid dienone is 2. The van der Waals surface area contributed by atoms with Crippen LogP contribution in [-0.4, -0.2) is 11.7 Å². The van der Waals surface area contributed by atoms with Crippen LogP contribution in [0.5, 0.6) is 0 Å². The van der Waals surface area contributed by atoms with Crippen molar-refractivity contribution in [2.45, 2.75) is 19.3 Å². The molecule has 1 aliphatic rings. The zero-order chi connectivity index (χ0) is 10.7. The summed E-state index contributed by atoms with van der Waals surface area (Å²) in [6.45, 7) is 2.25. The molecule has 0 heterocycles. The molecule has 0 bridgehead atoms. The Hall–Kier alpha value is -1.34. The molecule has 1 N–H and O–H groups in total. The van der Waals surface area contributed by atoms with Crippen LogP contribution in [0.25, 0.3) is 0 Å². The summed E-state index contributed by atoms with van der Waals surface area (Å²) in [5, 5.41) is 8.96. The number of benzene rings is 1. The van der Waals surface area contributed by atoms with Crippen molar-refractivity contribution < 1.29 is 5.11 Å². The molecule has 1 aliphatic carbocycles. The molecule has 1 heteroatoms. The number of rotatable bonds is 2. The number of hydrogen-bond acceptors (Lipinski definition) is 1. The molecular weight excluding hydrogens is 184 g/mol. The van der Waals surface area contributed by atoms with Crippen LogP contribution in [-0.2, 0) is 0 Å². The van der Waals surface area contributed by atoms with Crippen molar-refractivity contribution in [2.75, 3.05) is 6.61 Å². The van der Waals surface area contributed by atoms with Gasteiger partial charge in [-0.25, -0.2) is 0 Å². The van der Waals surface area contributed by atoms with Crippen LogP contribution in [0, 0.1) is 6.92 Å². The van der Waals surface area contributed by atoms with Gasteiger partial charge >= 0.3 is 0 Å². The Morgan fingerprint density at radius 3 is 2.53 bits per heavy atom. The number of aliphatic hydroxyl groups excluding tert-OH is 1. The fraction of sp³-hybridized carbons (Fsp3) is 0.286. The van der Waals surface area contributed by atoms with Gasteiger partial charge in [-0.05, 0) is 24.5 Å². The number of aliphatic hydroxyl groups is 1. The van der Waals surface area contributed by atoms with Gasteiger partial charge in [0.25, 0.3) is 0 Å². The van der Waals surface area contributed by atoms with Crippen molar-refractivity contribution in [1.82, 2.24) is 0 Å². The molecular formula is C14H16O. The molecule has 0 aliphatic heterocycles. The summed E-state index contributed by atoms with van der Waals surface area (Å²) in [7, 11) is 0. The van der Waals surface area contributed by atoms with Crippen molar-refractivity contribution in [2.24, 2.45) is 0 Å². The highest BCUT2D eigenvalue weighted by atomic mass is 16.3. The van der Waals surface area contributed by atoms with Gasteiger partial charge in [0.2, 0.25) is 0 Å². The first-order valence-corrected chi connectivity index (χ1v) is 5.34. The highest BCUT2D eigenvalue weighted by Crippen LogP contribution is 2.26. The monoisotopic (exact) mass is 200 g/mol. The fourth-order valence-corrected chi connectivity index (χ4v) is 1.84. The van der Waals surface area contributed by atoms with Crippen LogP contribution in [0.2, 0.25) is 0 Å². The van der Waals surface area contributed by atoms with Crippen molar-refractivity contribution in [3.63, 3.8) is 0 Å². The van der Waals surface area contributed by atoms with E-state index < -0.39 is 0 Å². The average Bonchev–Trinajstić information content (AvgIpc) is 2.30. The molecule has 78 valence electrons. The molecule has 2 rings (SSSR count). The predicted molar refractivity (Wildman–Crippen MR) is 62.8 cm³/mol. The molecule has 1 aromatic rings. The second-order valence-electron chi connectivity index (χ2n) is 4.05. The molecule has 0 fully saturated rings.